The lowest BCUT2D eigenvalue weighted by molar-refractivity contribution is -0.0940. The van der Waals surface area contributed by atoms with E-state index in [4.69, 9.17) is 0 Å². The summed E-state index contributed by atoms with van der Waals surface area (Å²) in [5, 5.41) is 11.6. The SMILES string of the molecule is CC(C)(C)C1(O)CCN(C(=O)c2ccc(NS(=O)(=O)c3cccc4cccnc34)cc2)CC1. The van der Waals surface area contributed by atoms with Gasteiger partial charge in [0.15, 0.2) is 0 Å². The molecule has 1 aromatic heterocycles. The van der Waals surface area contributed by atoms with Gasteiger partial charge in [0.2, 0.25) is 0 Å². The lowest BCUT2D eigenvalue weighted by Gasteiger charge is -2.46. The second kappa shape index (κ2) is 8.43. The number of likely N-dealkylation sites (tertiary alicyclic amines) is 1. The molecule has 174 valence electrons. The number of anilines is 1. The number of para-hydroxylation sites is 1. The summed E-state index contributed by atoms with van der Waals surface area (Å²) in [6.07, 6.45) is 2.61. The Kier molecular flexibility index (Phi) is 5.92. The van der Waals surface area contributed by atoms with E-state index < -0.39 is 15.6 Å². The molecule has 0 spiro atoms. The number of hydrogen-bond acceptors (Lipinski definition) is 5. The first kappa shape index (κ1) is 23.2. The Balaban J connectivity index is 1.47. The first-order valence-electron chi connectivity index (χ1n) is 11.0. The third-order valence-electron chi connectivity index (χ3n) is 6.54. The van der Waals surface area contributed by atoms with Crippen LogP contribution in [-0.4, -0.2) is 48.0 Å². The highest BCUT2D eigenvalue weighted by atomic mass is 32.2. The highest BCUT2D eigenvalue weighted by Gasteiger charge is 2.43. The lowest BCUT2D eigenvalue weighted by atomic mass is 9.71. The summed E-state index contributed by atoms with van der Waals surface area (Å²) < 4.78 is 28.5. The molecule has 0 radical (unpaired) electrons. The number of aromatic nitrogens is 1. The molecule has 7 nitrogen and oxygen atoms in total. The van der Waals surface area contributed by atoms with Gasteiger partial charge in [-0.1, -0.05) is 39.0 Å². The van der Waals surface area contributed by atoms with Gasteiger partial charge in [0.25, 0.3) is 15.9 Å². The predicted octanol–water partition coefficient (Wildman–Crippen LogP) is 4.05. The summed E-state index contributed by atoms with van der Waals surface area (Å²) in [7, 11) is -3.86. The third kappa shape index (κ3) is 4.58. The average Bonchev–Trinajstić information content (AvgIpc) is 2.78. The topological polar surface area (TPSA) is 99.6 Å². The highest BCUT2D eigenvalue weighted by molar-refractivity contribution is 7.93. The van der Waals surface area contributed by atoms with E-state index >= 15 is 0 Å². The van der Waals surface area contributed by atoms with Crippen LogP contribution in [0.3, 0.4) is 0 Å². The number of aliphatic hydroxyl groups is 1. The number of benzene rings is 2. The van der Waals surface area contributed by atoms with E-state index in [0.29, 0.717) is 42.7 Å². The van der Waals surface area contributed by atoms with Crippen LogP contribution < -0.4 is 4.72 Å². The maximum absolute atomic E-state index is 13.0. The number of carbonyl (C=O) groups is 1. The van der Waals surface area contributed by atoms with Gasteiger partial charge in [0.1, 0.15) is 4.90 Å². The van der Waals surface area contributed by atoms with E-state index in [1.165, 1.54) is 6.07 Å². The Labute approximate surface area is 194 Å². The summed E-state index contributed by atoms with van der Waals surface area (Å²) in [5.74, 6) is -0.126. The van der Waals surface area contributed by atoms with Crippen LogP contribution in [0.1, 0.15) is 44.0 Å². The van der Waals surface area contributed by atoms with Crippen molar-refractivity contribution in [3.8, 4) is 0 Å². The molecule has 1 amide bonds. The summed E-state index contributed by atoms with van der Waals surface area (Å²) in [6, 6.07) is 15.0. The number of sulfonamides is 1. The van der Waals surface area contributed by atoms with Crippen molar-refractivity contribution < 1.29 is 18.3 Å². The summed E-state index contributed by atoms with van der Waals surface area (Å²) in [5.41, 5.74) is 0.203. The summed E-state index contributed by atoms with van der Waals surface area (Å²) in [4.78, 5) is 19.0. The Morgan fingerprint density at radius 2 is 1.67 bits per heavy atom. The van der Waals surface area contributed by atoms with Gasteiger partial charge < -0.3 is 10.0 Å². The zero-order valence-electron chi connectivity index (χ0n) is 19.1. The van der Waals surface area contributed by atoms with Gasteiger partial charge in [-0.3, -0.25) is 14.5 Å². The molecule has 0 atom stereocenters. The molecule has 1 saturated heterocycles. The Morgan fingerprint density at radius 1 is 1.03 bits per heavy atom. The lowest BCUT2D eigenvalue weighted by Crippen LogP contribution is -2.53. The Bertz CT molecular complexity index is 1270. The maximum atomic E-state index is 13.0. The third-order valence-corrected chi connectivity index (χ3v) is 7.96. The van der Waals surface area contributed by atoms with Crippen LogP contribution in [0.4, 0.5) is 5.69 Å². The van der Waals surface area contributed by atoms with Gasteiger partial charge in [-0.15, -0.1) is 0 Å². The summed E-state index contributed by atoms with van der Waals surface area (Å²) >= 11 is 0. The molecule has 2 N–H and O–H groups in total. The van der Waals surface area contributed by atoms with Crippen molar-refractivity contribution >= 4 is 32.5 Å². The van der Waals surface area contributed by atoms with Crippen molar-refractivity contribution in [2.24, 2.45) is 5.41 Å². The molecule has 4 rings (SSSR count). The molecule has 33 heavy (non-hydrogen) atoms. The normalized spacial score (nSPS) is 16.5. The van der Waals surface area contributed by atoms with E-state index in [2.05, 4.69) is 9.71 Å². The van der Waals surface area contributed by atoms with E-state index in [0.717, 1.165) is 5.39 Å². The Morgan fingerprint density at radius 3 is 2.30 bits per heavy atom. The van der Waals surface area contributed by atoms with Crippen LogP contribution in [0.2, 0.25) is 0 Å². The average molecular weight is 468 g/mol. The fourth-order valence-corrected chi connectivity index (χ4v) is 5.44. The minimum atomic E-state index is -3.86. The highest BCUT2D eigenvalue weighted by Crippen LogP contribution is 2.38. The van der Waals surface area contributed by atoms with Crippen LogP contribution in [0, 0.1) is 5.41 Å². The van der Waals surface area contributed by atoms with Crippen LogP contribution in [-0.2, 0) is 10.0 Å². The van der Waals surface area contributed by atoms with E-state index in [9.17, 15) is 18.3 Å². The first-order chi connectivity index (χ1) is 15.5. The van der Waals surface area contributed by atoms with Gasteiger partial charge in [0.05, 0.1) is 11.1 Å². The fourth-order valence-electron chi connectivity index (χ4n) is 4.20. The van der Waals surface area contributed by atoms with Gasteiger partial charge in [-0.2, -0.15) is 0 Å². The number of piperidine rings is 1. The van der Waals surface area contributed by atoms with Crippen molar-refractivity contribution in [3.05, 3.63) is 66.4 Å². The number of nitrogens with one attached hydrogen (secondary N) is 1. The van der Waals surface area contributed by atoms with Crippen LogP contribution in [0.15, 0.2) is 65.7 Å². The minimum absolute atomic E-state index is 0.0976. The standard InChI is InChI=1S/C25H29N3O4S/c1-24(2,3)25(30)13-16-28(17-14-25)23(29)19-9-11-20(12-10-19)27-33(31,32)21-8-4-6-18-7-5-15-26-22(18)21/h4-12,15,27,30H,13-14,16-17H2,1-3H3. The maximum Gasteiger partial charge on any atom is 0.264 e. The van der Waals surface area contributed by atoms with Crippen LogP contribution in [0.25, 0.3) is 10.9 Å². The quantitative estimate of drug-likeness (QED) is 0.603. The molecule has 1 aliphatic heterocycles. The molecule has 0 aliphatic carbocycles. The van der Waals surface area contributed by atoms with Crippen LogP contribution >= 0.6 is 0 Å². The molecular formula is C25H29N3O4S. The van der Waals surface area contributed by atoms with Crippen molar-refractivity contribution in [2.75, 3.05) is 17.8 Å². The number of amides is 1. The number of rotatable bonds is 4. The molecule has 8 heteroatoms. The predicted molar refractivity (Wildman–Crippen MR) is 129 cm³/mol. The van der Waals surface area contributed by atoms with E-state index in [1.807, 2.05) is 32.9 Å². The van der Waals surface area contributed by atoms with Crippen molar-refractivity contribution in [1.82, 2.24) is 9.88 Å². The molecule has 1 fully saturated rings. The van der Waals surface area contributed by atoms with Crippen molar-refractivity contribution in [3.63, 3.8) is 0 Å². The largest absolute Gasteiger partial charge is 0.389 e. The van der Waals surface area contributed by atoms with Gasteiger partial charge in [0, 0.05) is 35.9 Å². The van der Waals surface area contributed by atoms with Crippen molar-refractivity contribution in [2.45, 2.75) is 44.1 Å². The van der Waals surface area contributed by atoms with E-state index in [1.54, 1.807) is 47.5 Å². The zero-order valence-corrected chi connectivity index (χ0v) is 19.9. The second-order valence-electron chi connectivity index (χ2n) is 9.59. The van der Waals surface area contributed by atoms with Crippen LogP contribution in [0.5, 0.6) is 0 Å². The molecule has 2 aromatic carbocycles. The van der Waals surface area contributed by atoms with Gasteiger partial charge >= 0.3 is 0 Å². The molecular weight excluding hydrogens is 438 g/mol. The summed E-state index contributed by atoms with van der Waals surface area (Å²) in [6.45, 7) is 7.00. The first-order valence-corrected chi connectivity index (χ1v) is 12.5. The number of fused-ring (bicyclic) bond motifs is 1. The molecule has 3 aromatic rings. The molecule has 0 saturated carbocycles. The molecule has 0 unspecified atom stereocenters. The number of pyridine rings is 1. The Hall–Kier alpha value is -2.97. The molecule has 2 heterocycles. The van der Waals surface area contributed by atoms with Gasteiger partial charge in [-0.25, -0.2) is 8.42 Å². The number of carbonyl (C=O) groups excluding carboxylic acids is 1. The molecule has 1 aliphatic rings. The van der Waals surface area contributed by atoms with E-state index in [-0.39, 0.29) is 16.2 Å². The zero-order chi connectivity index (χ0) is 23.9. The second-order valence-corrected chi connectivity index (χ2v) is 11.2. The molecule has 0 bridgehead atoms. The smallest absolute Gasteiger partial charge is 0.264 e. The van der Waals surface area contributed by atoms with Gasteiger partial charge in [-0.05, 0) is 54.7 Å². The monoisotopic (exact) mass is 467 g/mol. The number of nitrogens with zero attached hydrogens (tertiary/aromatic N) is 2. The minimum Gasteiger partial charge on any atom is -0.389 e. The fraction of sp³-hybridized carbons (Fsp3) is 0.360. The van der Waals surface area contributed by atoms with Crippen molar-refractivity contribution in [1.29, 1.82) is 0 Å². The number of hydrogen-bond donors (Lipinski definition) is 2.